The van der Waals surface area contributed by atoms with Crippen molar-refractivity contribution in [3.63, 3.8) is 0 Å². The van der Waals surface area contributed by atoms with Crippen LogP contribution in [0.3, 0.4) is 0 Å². The van der Waals surface area contributed by atoms with Crippen molar-refractivity contribution in [3.8, 4) is 0 Å². The van der Waals surface area contributed by atoms with Gasteiger partial charge in [0.05, 0.1) is 0 Å². The van der Waals surface area contributed by atoms with Crippen LogP contribution in [-0.4, -0.2) is 34.4 Å². The number of aryl methyl sites for hydroxylation is 1. The van der Waals surface area contributed by atoms with E-state index >= 15 is 0 Å². The number of carbonyl (C=O) groups is 2. The number of benzene rings is 1. The minimum atomic E-state index is -0.382. The lowest BCUT2D eigenvalue weighted by atomic mass is 9.91. The topological polar surface area (TPSA) is 54.7 Å². The Morgan fingerprint density at radius 2 is 1.69 bits per heavy atom. The summed E-state index contributed by atoms with van der Waals surface area (Å²) in [6, 6.07) is 14.1. The first-order chi connectivity index (χ1) is 13.7. The first-order valence-electron chi connectivity index (χ1n) is 10.3. The Kier molecular flexibility index (Phi) is 6.36. The second-order valence-corrected chi connectivity index (χ2v) is 8.94. The van der Waals surface area contributed by atoms with E-state index in [4.69, 9.17) is 0 Å². The molecule has 0 aliphatic carbocycles. The summed E-state index contributed by atoms with van der Waals surface area (Å²) in [5.41, 5.74) is 2.69. The minimum absolute atomic E-state index is 0.0864. The van der Waals surface area contributed by atoms with Crippen LogP contribution in [0.2, 0.25) is 0 Å². The Labute approximate surface area is 173 Å². The first kappa shape index (κ1) is 21.0. The summed E-state index contributed by atoms with van der Waals surface area (Å²) < 4.78 is 2.00. The molecule has 1 aliphatic heterocycles. The maximum atomic E-state index is 12.8. The van der Waals surface area contributed by atoms with Crippen molar-refractivity contribution in [1.82, 2.24) is 9.47 Å². The Balaban J connectivity index is 1.70. The van der Waals surface area contributed by atoms with Crippen LogP contribution < -0.4 is 5.49 Å². The van der Waals surface area contributed by atoms with Crippen LogP contribution in [0.4, 0.5) is 0 Å². The van der Waals surface area contributed by atoms with Gasteiger partial charge in [-0.1, -0.05) is 56.7 Å². The van der Waals surface area contributed by atoms with E-state index in [1.807, 2.05) is 54.6 Å². The highest BCUT2D eigenvalue weighted by atomic mass is 16.2. The van der Waals surface area contributed by atoms with Gasteiger partial charge in [0.2, 0.25) is 5.91 Å². The van der Waals surface area contributed by atoms with Crippen LogP contribution in [0, 0.1) is 18.3 Å². The lowest BCUT2D eigenvalue weighted by molar-refractivity contribution is -0.142. The maximum absolute atomic E-state index is 12.8. The molecule has 3 rings (SSSR count). The number of nitrogens with zero attached hydrogens (tertiary/aromatic N) is 3. The van der Waals surface area contributed by atoms with Gasteiger partial charge in [-0.15, -0.1) is 0 Å². The predicted octanol–water partition coefficient (Wildman–Crippen LogP) is 3.56. The van der Waals surface area contributed by atoms with Crippen molar-refractivity contribution < 1.29 is 9.59 Å². The molecule has 0 unspecified atom stereocenters. The zero-order valence-electron chi connectivity index (χ0n) is 17.9. The molecule has 0 atom stereocenters. The average Bonchev–Trinajstić information content (AvgIpc) is 2.70. The molecule has 0 radical (unpaired) electrons. The highest BCUT2D eigenvalue weighted by Crippen LogP contribution is 2.24. The van der Waals surface area contributed by atoms with E-state index in [2.05, 4.69) is 36.2 Å². The van der Waals surface area contributed by atoms with Crippen molar-refractivity contribution in [2.24, 2.45) is 16.3 Å². The summed E-state index contributed by atoms with van der Waals surface area (Å²) in [7, 11) is 0. The highest BCUT2D eigenvalue weighted by Gasteiger charge is 2.32. The third-order valence-electron chi connectivity index (χ3n) is 5.39. The molecule has 1 aliphatic rings. The van der Waals surface area contributed by atoms with Gasteiger partial charge in [-0.05, 0) is 37.5 Å². The van der Waals surface area contributed by atoms with Crippen LogP contribution in [0.1, 0.15) is 44.7 Å². The van der Waals surface area contributed by atoms with Gasteiger partial charge in [0.15, 0.2) is 0 Å². The third-order valence-corrected chi connectivity index (χ3v) is 5.39. The first-order valence-corrected chi connectivity index (χ1v) is 10.3. The molecule has 2 amide bonds. The number of hydrogen-bond acceptors (Lipinski definition) is 2. The monoisotopic (exact) mass is 393 g/mol. The van der Waals surface area contributed by atoms with E-state index in [1.165, 1.54) is 11.1 Å². The SMILES string of the molecule is Cc1ccc(Cn2ccccc2=NC(=O)C2CCN(C(=O)C(C)(C)C)CC2)cc1. The van der Waals surface area contributed by atoms with Crippen LogP contribution in [-0.2, 0) is 16.1 Å². The van der Waals surface area contributed by atoms with Gasteiger partial charge in [-0.3, -0.25) is 9.59 Å². The molecule has 0 N–H and O–H groups in total. The molecular formula is C24H31N3O2. The Bertz CT molecular complexity index is 928. The van der Waals surface area contributed by atoms with Gasteiger partial charge < -0.3 is 9.47 Å². The second-order valence-electron chi connectivity index (χ2n) is 8.94. The average molecular weight is 394 g/mol. The molecule has 2 heterocycles. The molecule has 5 nitrogen and oxygen atoms in total. The molecular weight excluding hydrogens is 362 g/mol. The van der Waals surface area contributed by atoms with Crippen LogP contribution in [0.15, 0.2) is 53.7 Å². The van der Waals surface area contributed by atoms with E-state index < -0.39 is 0 Å². The summed E-state index contributed by atoms with van der Waals surface area (Å²) in [5, 5.41) is 0. The van der Waals surface area contributed by atoms with E-state index in [0.29, 0.717) is 38.0 Å². The molecule has 0 saturated carbocycles. The van der Waals surface area contributed by atoms with Gasteiger partial charge >= 0.3 is 0 Å². The fourth-order valence-corrected chi connectivity index (χ4v) is 3.60. The summed E-state index contributed by atoms with van der Waals surface area (Å²) in [4.78, 5) is 31.6. The number of carbonyl (C=O) groups excluding carboxylic acids is 2. The summed E-state index contributed by atoms with van der Waals surface area (Å²) >= 11 is 0. The van der Waals surface area contributed by atoms with Gasteiger partial charge in [0, 0.05) is 37.2 Å². The number of amides is 2. The summed E-state index contributed by atoms with van der Waals surface area (Å²) in [5.74, 6) is -0.0527. The zero-order chi connectivity index (χ0) is 21.0. The molecule has 5 heteroatoms. The maximum Gasteiger partial charge on any atom is 0.250 e. The van der Waals surface area contributed by atoms with Crippen molar-refractivity contribution in [3.05, 3.63) is 65.3 Å². The van der Waals surface area contributed by atoms with Crippen LogP contribution >= 0.6 is 0 Å². The zero-order valence-corrected chi connectivity index (χ0v) is 17.9. The molecule has 1 saturated heterocycles. The number of pyridine rings is 1. The Morgan fingerprint density at radius 3 is 2.31 bits per heavy atom. The molecule has 154 valence electrons. The molecule has 0 bridgehead atoms. The van der Waals surface area contributed by atoms with Crippen molar-refractivity contribution in [2.45, 2.75) is 47.1 Å². The van der Waals surface area contributed by atoms with E-state index in [9.17, 15) is 9.59 Å². The van der Waals surface area contributed by atoms with Crippen LogP contribution in [0.5, 0.6) is 0 Å². The van der Waals surface area contributed by atoms with E-state index in [1.54, 1.807) is 0 Å². The van der Waals surface area contributed by atoms with Gasteiger partial charge in [-0.25, -0.2) is 0 Å². The van der Waals surface area contributed by atoms with E-state index in [-0.39, 0.29) is 23.1 Å². The van der Waals surface area contributed by atoms with Crippen molar-refractivity contribution >= 4 is 11.8 Å². The Morgan fingerprint density at radius 1 is 1.03 bits per heavy atom. The van der Waals surface area contributed by atoms with Crippen molar-refractivity contribution in [1.29, 1.82) is 0 Å². The second kappa shape index (κ2) is 8.76. The quantitative estimate of drug-likeness (QED) is 0.801. The van der Waals surface area contributed by atoms with E-state index in [0.717, 1.165) is 0 Å². The van der Waals surface area contributed by atoms with Gasteiger partial charge in [0.25, 0.3) is 5.91 Å². The number of aromatic nitrogens is 1. The third kappa shape index (κ3) is 5.43. The highest BCUT2D eigenvalue weighted by molar-refractivity contribution is 5.83. The lowest BCUT2D eigenvalue weighted by Crippen LogP contribution is -2.45. The molecule has 1 fully saturated rings. The molecule has 1 aromatic heterocycles. The fourth-order valence-electron chi connectivity index (χ4n) is 3.60. The fraction of sp³-hybridized carbons (Fsp3) is 0.458. The van der Waals surface area contributed by atoms with Crippen molar-refractivity contribution in [2.75, 3.05) is 13.1 Å². The van der Waals surface area contributed by atoms with Gasteiger partial charge in [0.1, 0.15) is 5.49 Å². The minimum Gasteiger partial charge on any atom is -0.342 e. The summed E-state index contributed by atoms with van der Waals surface area (Å²) in [6.45, 7) is 9.80. The smallest absolute Gasteiger partial charge is 0.250 e. The lowest BCUT2D eigenvalue weighted by Gasteiger charge is -2.34. The summed E-state index contributed by atoms with van der Waals surface area (Å²) in [6.07, 6.45) is 3.31. The largest absolute Gasteiger partial charge is 0.342 e. The number of hydrogen-bond donors (Lipinski definition) is 0. The Hall–Kier alpha value is -2.69. The molecule has 1 aromatic carbocycles. The number of likely N-dealkylation sites (tertiary alicyclic amines) is 1. The normalized spacial score (nSPS) is 16.1. The number of piperidine rings is 1. The number of rotatable bonds is 3. The molecule has 2 aromatic rings. The molecule has 29 heavy (non-hydrogen) atoms. The standard InChI is InChI=1S/C24H31N3O2/c1-18-8-10-19(11-9-18)17-27-14-6-5-7-21(27)25-22(28)20-12-15-26(16-13-20)23(29)24(2,3)4/h5-11,14,20H,12-13,15-17H2,1-4H3. The van der Waals surface area contributed by atoms with Crippen LogP contribution in [0.25, 0.3) is 0 Å². The molecule has 0 spiro atoms. The van der Waals surface area contributed by atoms with Gasteiger partial charge in [-0.2, -0.15) is 4.99 Å². The predicted molar refractivity (Wildman–Crippen MR) is 114 cm³/mol.